The zero-order chi connectivity index (χ0) is 15.8. The highest BCUT2D eigenvalue weighted by Gasteiger charge is 2.28. The van der Waals surface area contributed by atoms with E-state index in [0.29, 0.717) is 18.4 Å². The SMILES string of the molecule is CN(c1nc(Cn2c(-c3ccccc3)noc2=O)cs1)C1CC1. The lowest BCUT2D eigenvalue weighted by atomic mass is 10.2. The molecule has 0 spiro atoms. The van der Waals surface area contributed by atoms with Crippen molar-refractivity contribution in [2.75, 3.05) is 11.9 Å². The minimum atomic E-state index is -0.464. The first-order valence-electron chi connectivity index (χ1n) is 7.51. The summed E-state index contributed by atoms with van der Waals surface area (Å²) in [6, 6.07) is 10.2. The van der Waals surface area contributed by atoms with E-state index in [-0.39, 0.29) is 0 Å². The highest BCUT2D eigenvalue weighted by atomic mass is 32.1. The summed E-state index contributed by atoms with van der Waals surface area (Å²) in [4.78, 5) is 18.8. The summed E-state index contributed by atoms with van der Waals surface area (Å²) >= 11 is 1.60. The van der Waals surface area contributed by atoms with Crippen LogP contribution in [0.5, 0.6) is 0 Å². The molecule has 6 nitrogen and oxygen atoms in total. The van der Waals surface area contributed by atoms with Crippen LogP contribution in [0.3, 0.4) is 0 Å². The molecule has 1 aromatic carbocycles. The first-order chi connectivity index (χ1) is 11.2. The second kappa shape index (κ2) is 5.66. The summed E-state index contributed by atoms with van der Waals surface area (Å²) in [5, 5.41) is 6.89. The highest BCUT2D eigenvalue weighted by Crippen LogP contribution is 2.32. The third kappa shape index (κ3) is 2.79. The summed E-state index contributed by atoms with van der Waals surface area (Å²) in [5.41, 5.74) is 1.70. The van der Waals surface area contributed by atoms with Crippen LogP contribution in [0, 0.1) is 0 Å². The molecule has 1 fully saturated rings. The number of rotatable bonds is 5. The van der Waals surface area contributed by atoms with Crippen LogP contribution in [0.2, 0.25) is 0 Å². The predicted molar refractivity (Wildman–Crippen MR) is 88.8 cm³/mol. The first-order valence-corrected chi connectivity index (χ1v) is 8.39. The van der Waals surface area contributed by atoms with Crippen LogP contribution >= 0.6 is 11.3 Å². The third-order valence-corrected chi connectivity index (χ3v) is 4.95. The molecule has 7 heteroatoms. The van der Waals surface area contributed by atoms with Crippen molar-refractivity contribution in [3.05, 3.63) is 52.0 Å². The number of aromatic nitrogens is 3. The van der Waals surface area contributed by atoms with Crippen LogP contribution < -0.4 is 10.7 Å². The summed E-state index contributed by atoms with van der Waals surface area (Å²) in [6.07, 6.45) is 2.46. The van der Waals surface area contributed by atoms with Gasteiger partial charge in [0.2, 0.25) is 0 Å². The van der Waals surface area contributed by atoms with Crippen molar-refractivity contribution in [3.8, 4) is 11.4 Å². The summed E-state index contributed by atoms with van der Waals surface area (Å²) in [5.74, 6) is 0.0645. The lowest BCUT2D eigenvalue weighted by molar-refractivity contribution is 0.378. The Bertz CT molecular complexity index is 864. The number of hydrogen-bond acceptors (Lipinski definition) is 6. The molecule has 0 bridgehead atoms. The molecule has 0 saturated heterocycles. The van der Waals surface area contributed by atoms with E-state index in [1.807, 2.05) is 35.7 Å². The molecule has 0 radical (unpaired) electrons. The van der Waals surface area contributed by atoms with Crippen LogP contribution in [-0.4, -0.2) is 27.8 Å². The molecular weight excluding hydrogens is 312 g/mol. The Labute approximate surface area is 137 Å². The van der Waals surface area contributed by atoms with Crippen molar-refractivity contribution in [3.63, 3.8) is 0 Å². The number of nitrogens with zero attached hydrogens (tertiary/aromatic N) is 4. The van der Waals surface area contributed by atoms with Crippen molar-refractivity contribution in [1.82, 2.24) is 14.7 Å². The molecule has 1 aliphatic carbocycles. The van der Waals surface area contributed by atoms with Gasteiger partial charge in [-0.2, -0.15) is 0 Å². The van der Waals surface area contributed by atoms with Crippen molar-refractivity contribution in [2.45, 2.75) is 25.4 Å². The number of hydrogen-bond donors (Lipinski definition) is 0. The van der Waals surface area contributed by atoms with Crippen LogP contribution in [0.25, 0.3) is 11.4 Å². The molecule has 0 amide bonds. The van der Waals surface area contributed by atoms with Crippen molar-refractivity contribution in [1.29, 1.82) is 0 Å². The van der Waals surface area contributed by atoms with E-state index in [9.17, 15) is 4.79 Å². The molecule has 118 valence electrons. The van der Waals surface area contributed by atoms with E-state index in [4.69, 9.17) is 4.52 Å². The summed E-state index contributed by atoms with van der Waals surface area (Å²) < 4.78 is 6.37. The molecule has 0 aliphatic heterocycles. The van der Waals surface area contributed by atoms with Crippen LogP contribution in [0.15, 0.2) is 45.0 Å². The van der Waals surface area contributed by atoms with E-state index >= 15 is 0 Å². The molecular formula is C16H16N4O2S. The fourth-order valence-corrected chi connectivity index (χ4v) is 3.37. The van der Waals surface area contributed by atoms with Crippen LogP contribution in [0.4, 0.5) is 5.13 Å². The third-order valence-electron chi connectivity index (χ3n) is 3.97. The van der Waals surface area contributed by atoms with Gasteiger partial charge in [0.05, 0.1) is 12.2 Å². The second-order valence-corrected chi connectivity index (χ2v) is 6.52. The van der Waals surface area contributed by atoms with Gasteiger partial charge in [-0.1, -0.05) is 35.5 Å². The lowest BCUT2D eigenvalue weighted by Crippen LogP contribution is -2.20. The summed E-state index contributed by atoms with van der Waals surface area (Å²) in [7, 11) is 2.07. The number of thiazole rings is 1. The molecule has 0 unspecified atom stereocenters. The van der Waals surface area contributed by atoms with Crippen LogP contribution in [0.1, 0.15) is 18.5 Å². The fraction of sp³-hybridized carbons (Fsp3) is 0.312. The van der Waals surface area contributed by atoms with Gasteiger partial charge in [0.1, 0.15) is 0 Å². The Kier molecular flexibility index (Phi) is 3.49. The predicted octanol–water partition coefficient (Wildman–Crippen LogP) is 2.61. The molecule has 2 aromatic heterocycles. The molecule has 23 heavy (non-hydrogen) atoms. The Morgan fingerprint density at radius 3 is 2.87 bits per heavy atom. The summed E-state index contributed by atoms with van der Waals surface area (Å²) in [6.45, 7) is 0.363. The van der Waals surface area contributed by atoms with E-state index < -0.39 is 5.76 Å². The standard InChI is InChI=1S/C16H16N4O2S/c1-19(13-7-8-13)15-17-12(10-23-15)9-20-14(18-22-16(20)21)11-5-3-2-4-6-11/h2-6,10,13H,7-9H2,1H3. The Morgan fingerprint density at radius 2 is 2.13 bits per heavy atom. The minimum Gasteiger partial charge on any atom is -0.348 e. The van der Waals surface area contributed by atoms with Gasteiger partial charge in [-0.3, -0.25) is 9.09 Å². The largest absolute Gasteiger partial charge is 0.442 e. The molecule has 0 atom stereocenters. The van der Waals surface area contributed by atoms with Gasteiger partial charge < -0.3 is 4.90 Å². The fourth-order valence-electron chi connectivity index (χ4n) is 2.51. The lowest BCUT2D eigenvalue weighted by Gasteiger charge is -2.13. The zero-order valence-electron chi connectivity index (χ0n) is 12.7. The molecule has 2 heterocycles. The maximum atomic E-state index is 12.0. The Balaban J connectivity index is 1.62. The molecule has 3 aromatic rings. The minimum absolute atomic E-state index is 0.363. The monoisotopic (exact) mass is 328 g/mol. The molecule has 4 rings (SSSR count). The quantitative estimate of drug-likeness (QED) is 0.720. The van der Waals surface area contributed by atoms with Crippen molar-refractivity contribution >= 4 is 16.5 Å². The molecule has 1 aliphatic rings. The topological polar surface area (TPSA) is 64.2 Å². The zero-order valence-corrected chi connectivity index (χ0v) is 13.5. The number of anilines is 1. The van der Waals surface area contributed by atoms with Gasteiger partial charge in [0.15, 0.2) is 11.0 Å². The van der Waals surface area contributed by atoms with E-state index in [2.05, 4.69) is 22.1 Å². The van der Waals surface area contributed by atoms with Gasteiger partial charge in [-0.15, -0.1) is 11.3 Å². The van der Waals surface area contributed by atoms with Crippen LogP contribution in [-0.2, 0) is 6.54 Å². The Hall–Kier alpha value is -2.41. The van der Waals surface area contributed by atoms with Gasteiger partial charge in [-0.25, -0.2) is 9.78 Å². The van der Waals surface area contributed by atoms with E-state index in [1.54, 1.807) is 11.3 Å². The normalized spacial score (nSPS) is 14.1. The average molecular weight is 328 g/mol. The second-order valence-electron chi connectivity index (χ2n) is 5.69. The highest BCUT2D eigenvalue weighted by molar-refractivity contribution is 7.13. The first kappa shape index (κ1) is 14.2. The maximum absolute atomic E-state index is 12.0. The molecule has 0 N–H and O–H groups in total. The average Bonchev–Trinajstić information content (AvgIpc) is 3.22. The van der Waals surface area contributed by atoms with Gasteiger partial charge in [0, 0.05) is 24.0 Å². The van der Waals surface area contributed by atoms with E-state index in [0.717, 1.165) is 16.4 Å². The van der Waals surface area contributed by atoms with Gasteiger partial charge in [-0.05, 0) is 12.8 Å². The number of benzene rings is 1. The molecule has 1 saturated carbocycles. The van der Waals surface area contributed by atoms with Gasteiger partial charge in [0.25, 0.3) is 0 Å². The smallest absolute Gasteiger partial charge is 0.348 e. The Morgan fingerprint density at radius 1 is 1.35 bits per heavy atom. The van der Waals surface area contributed by atoms with Gasteiger partial charge >= 0.3 is 5.76 Å². The van der Waals surface area contributed by atoms with E-state index in [1.165, 1.54) is 17.4 Å². The van der Waals surface area contributed by atoms with Crippen molar-refractivity contribution in [2.24, 2.45) is 0 Å². The maximum Gasteiger partial charge on any atom is 0.442 e. The van der Waals surface area contributed by atoms with Crippen molar-refractivity contribution < 1.29 is 4.52 Å².